The SMILES string of the molecule is OCCCCCCOCCS. The molecule has 0 unspecified atom stereocenters. The zero-order chi connectivity index (χ0) is 8.36. The molecule has 0 saturated heterocycles. The van der Waals surface area contributed by atoms with Crippen LogP contribution in [0.2, 0.25) is 0 Å². The average Bonchev–Trinajstić information content (AvgIpc) is 2.03. The fourth-order valence-corrected chi connectivity index (χ4v) is 0.965. The first-order chi connectivity index (χ1) is 5.41. The second kappa shape index (κ2) is 10.3. The Morgan fingerprint density at radius 3 is 2.36 bits per heavy atom. The molecule has 0 aromatic rings. The summed E-state index contributed by atoms with van der Waals surface area (Å²) in [5.41, 5.74) is 0. The van der Waals surface area contributed by atoms with E-state index in [9.17, 15) is 0 Å². The Balaban J connectivity index is 2.69. The van der Waals surface area contributed by atoms with Gasteiger partial charge in [0.15, 0.2) is 0 Å². The maximum Gasteiger partial charge on any atom is 0.0554 e. The average molecular weight is 178 g/mol. The minimum absolute atomic E-state index is 0.317. The summed E-state index contributed by atoms with van der Waals surface area (Å²) >= 11 is 4.02. The van der Waals surface area contributed by atoms with Gasteiger partial charge in [-0.1, -0.05) is 12.8 Å². The third-order valence-electron chi connectivity index (χ3n) is 1.43. The zero-order valence-electron chi connectivity index (χ0n) is 6.96. The summed E-state index contributed by atoms with van der Waals surface area (Å²) in [5.74, 6) is 0.802. The first kappa shape index (κ1) is 11.3. The quantitative estimate of drug-likeness (QED) is 0.435. The lowest BCUT2D eigenvalue weighted by atomic mass is 10.2. The summed E-state index contributed by atoms with van der Waals surface area (Å²) in [6, 6.07) is 0. The third-order valence-corrected chi connectivity index (χ3v) is 1.61. The van der Waals surface area contributed by atoms with Crippen molar-refractivity contribution in [3.05, 3.63) is 0 Å². The van der Waals surface area contributed by atoms with Crippen LogP contribution in [0, 0.1) is 0 Å². The lowest BCUT2D eigenvalue weighted by molar-refractivity contribution is 0.145. The highest BCUT2D eigenvalue weighted by atomic mass is 32.1. The summed E-state index contributed by atoms with van der Waals surface area (Å²) in [6.07, 6.45) is 4.30. The fraction of sp³-hybridized carbons (Fsp3) is 1.00. The summed E-state index contributed by atoms with van der Waals surface area (Å²) in [6.45, 7) is 1.91. The molecule has 2 nitrogen and oxygen atoms in total. The number of thiol groups is 1. The molecule has 0 radical (unpaired) electrons. The van der Waals surface area contributed by atoms with Crippen molar-refractivity contribution in [3.63, 3.8) is 0 Å². The number of hydrogen-bond donors (Lipinski definition) is 2. The molecule has 68 valence electrons. The molecule has 0 amide bonds. The van der Waals surface area contributed by atoms with Gasteiger partial charge in [-0.15, -0.1) is 0 Å². The second-order valence-corrected chi connectivity index (χ2v) is 2.92. The van der Waals surface area contributed by atoms with Crippen LogP contribution < -0.4 is 0 Å². The minimum atomic E-state index is 0.317. The van der Waals surface area contributed by atoms with Crippen molar-refractivity contribution < 1.29 is 9.84 Å². The Bertz CT molecular complexity index is 61.1. The van der Waals surface area contributed by atoms with Crippen LogP contribution in [0.5, 0.6) is 0 Å². The molecule has 0 atom stereocenters. The van der Waals surface area contributed by atoms with Crippen molar-refractivity contribution in [1.82, 2.24) is 0 Å². The largest absolute Gasteiger partial charge is 0.396 e. The van der Waals surface area contributed by atoms with Gasteiger partial charge in [0.1, 0.15) is 0 Å². The number of unbranched alkanes of at least 4 members (excludes halogenated alkanes) is 3. The normalized spacial score (nSPS) is 10.4. The van der Waals surface area contributed by atoms with Gasteiger partial charge >= 0.3 is 0 Å². The molecule has 0 aromatic heterocycles. The molecule has 0 fully saturated rings. The number of hydrogen-bond acceptors (Lipinski definition) is 3. The van der Waals surface area contributed by atoms with E-state index in [1.54, 1.807) is 0 Å². The van der Waals surface area contributed by atoms with Crippen molar-refractivity contribution in [3.8, 4) is 0 Å². The van der Waals surface area contributed by atoms with Crippen LogP contribution in [0.4, 0.5) is 0 Å². The van der Waals surface area contributed by atoms with Gasteiger partial charge in [-0.25, -0.2) is 0 Å². The fourth-order valence-electron chi connectivity index (χ4n) is 0.836. The topological polar surface area (TPSA) is 29.5 Å². The maximum atomic E-state index is 8.47. The van der Waals surface area contributed by atoms with E-state index in [0.717, 1.165) is 44.6 Å². The van der Waals surface area contributed by atoms with E-state index in [2.05, 4.69) is 12.6 Å². The molecule has 3 heteroatoms. The summed E-state index contributed by atoms with van der Waals surface area (Å²) in [4.78, 5) is 0. The Hall–Kier alpha value is 0.270. The van der Waals surface area contributed by atoms with Crippen molar-refractivity contribution in [2.24, 2.45) is 0 Å². The van der Waals surface area contributed by atoms with Gasteiger partial charge in [-0.05, 0) is 12.8 Å². The Morgan fingerprint density at radius 1 is 1.00 bits per heavy atom. The number of rotatable bonds is 8. The van der Waals surface area contributed by atoms with Crippen molar-refractivity contribution >= 4 is 12.6 Å². The second-order valence-electron chi connectivity index (χ2n) is 2.47. The van der Waals surface area contributed by atoms with E-state index < -0.39 is 0 Å². The lowest BCUT2D eigenvalue weighted by Gasteiger charge is -2.00. The van der Waals surface area contributed by atoms with E-state index in [0.29, 0.717) is 6.61 Å². The summed E-state index contributed by atoms with van der Waals surface area (Å²) in [5, 5.41) is 8.47. The highest BCUT2D eigenvalue weighted by Crippen LogP contribution is 1.98. The predicted octanol–water partition coefficient (Wildman–Crippen LogP) is 1.49. The first-order valence-electron chi connectivity index (χ1n) is 4.21. The van der Waals surface area contributed by atoms with Crippen molar-refractivity contribution in [1.29, 1.82) is 0 Å². The van der Waals surface area contributed by atoms with Gasteiger partial charge in [0, 0.05) is 19.0 Å². The molecule has 0 aliphatic heterocycles. The Morgan fingerprint density at radius 2 is 1.73 bits per heavy atom. The van der Waals surface area contributed by atoms with Gasteiger partial charge in [-0.3, -0.25) is 0 Å². The van der Waals surface area contributed by atoms with Gasteiger partial charge in [-0.2, -0.15) is 12.6 Å². The molecule has 0 aliphatic carbocycles. The number of aliphatic hydroxyl groups excluding tert-OH is 1. The zero-order valence-corrected chi connectivity index (χ0v) is 7.85. The highest BCUT2D eigenvalue weighted by Gasteiger charge is 1.88. The first-order valence-corrected chi connectivity index (χ1v) is 4.84. The molecule has 11 heavy (non-hydrogen) atoms. The molecular weight excluding hydrogens is 160 g/mol. The Kier molecular flexibility index (Phi) is 10.5. The number of aliphatic hydroxyl groups is 1. The molecule has 0 aliphatic rings. The summed E-state index contributed by atoms with van der Waals surface area (Å²) < 4.78 is 5.22. The van der Waals surface area contributed by atoms with Crippen LogP contribution in [0.25, 0.3) is 0 Å². The van der Waals surface area contributed by atoms with Crippen LogP contribution in [-0.2, 0) is 4.74 Å². The van der Waals surface area contributed by atoms with E-state index in [1.807, 2.05) is 0 Å². The number of ether oxygens (including phenoxy) is 1. The smallest absolute Gasteiger partial charge is 0.0554 e. The van der Waals surface area contributed by atoms with E-state index in [1.165, 1.54) is 0 Å². The van der Waals surface area contributed by atoms with E-state index >= 15 is 0 Å². The van der Waals surface area contributed by atoms with Crippen molar-refractivity contribution in [2.75, 3.05) is 25.6 Å². The van der Waals surface area contributed by atoms with Gasteiger partial charge < -0.3 is 9.84 Å². The van der Waals surface area contributed by atoms with Gasteiger partial charge in [0.25, 0.3) is 0 Å². The minimum Gasteiger partial charge on any atom is -0.396 e. The Labute approximate surface area is 74.4 Å². The van der Waals surface area contributed by atoms with Crippen LogP contribution in [0.1, 0.15) is 25.7 Å². The lowest BCUT2D eigenvalue weighted by Crippen LogP contribution is -1.97. The predicted molar refractivity (Wildman–Crippen MR) is 50.2 cm³/mol. The maximum absolute atomic E-state index is 8.47. The molecule has 0 heterocycles. The van der Waals surface area contributed by atoms with Gasteiger partial charge in [0.05, 0.1) is 6.61 Å². The molecule has 0 saturated carbocycles. The van der Waals surface area contributed by atoms with E-state index in [-0.39, 0.29) is 0 Å². The highest BCUT2D eigenvalue weighted by molar-refractivity contribution is 7.80. The molecule has 0 bridgehead atoms. The third kappa shape index (κ3) is 10.3. The molecule has 1 N–H and O–H groups in total. The van der Waals surface area contributed by atoms with Crippen molar-refractivity contribution in [2.45, 2.75) is 25.7 Å². The van der Waals surface area contributed by atoms with Crippen LogP contribution in [0.15, 0.2) is 0 Å². The van der Waals surface area contributed by atoms with Crippen LogP contribution in [0.3, 0.4) is 0 Å². The molecule has 0 spiro atoms. The standard InChI is InChI=1S/C8H18O2S/c9-5-3-1-2-4-6-10-7-8-11/h9,11H,1-8H2. The monoisotopic (exact) mass is 178 g/mol. The molecule has 0 aromatic carbocycles. The van der Waals surface area contributed by atoms with Crippen LogP contribution in [-0.4, -0.2) is 30.7 Å². The summed E-state index contributed by atoms with van der Waals surface area (Å²) in [7, 11) is 0. The molecular formula is C8H18O2S. The van der Waals surface area contributed by atoms with E-state index in [4.69, 9.17) is 9.84 Å². The van der Waals surface area contributed by atoms with Crippen LogP contribution >= 0.6 is 12.6 Å². The van der Waals surface area contributed by atoms with Gasteiger partial charge in [0.2, 0.25) is 0 Å². The molecule has 0 rings (SSSR count).